The molecular weight excluding hydrogens is 400 g/mol. The quantitative estimate of drug-likeness (QED) is 0.711. The predicted octanol–water partition coefficient (Wildman–Crippen LogP) is 1.68. The van der Waals surface area contributed by atoms with Gasteiger partial charge in [0.25, 0.3) is 5.91 Å². The van der Waals surface area contributed by atoms with Gasteiger partial charge in [0.05, 0.1) is 13.2 Å². The van der Waals surface area contributed by atoms with Gasteiger partial charge in [-0.25, -0.2) is 4.79 Å². The Morgan fingerprint density at radius 1 is 1.45 bits per heavy atom. The minimum absolute atomic E-state index is 0. The zero-order chi connectivity index (χ0) is 20.1. The second kappa shape index (κ2) is 10.5. The number of hydrogen-bond acceptors (Lipinski definition) is 8. The summed E-state index contributed by atoms with van der Waals surface area (Å²) >= 11 is 0. The second-order valence-electron chi connectivity index (χ2n) is 7.05. The van der Waals surface area contributed by atoms with Crippen LogP contribution in [-0.2, 0) is 17.7 Å². The standard InChI is InChI=1S/C19H26N4O5.ClH/c1-12-9-14(13-5-4-7-20-10-13)27-19(25)17(12)18(24)23(2)11-16-21-15(22-28-16)6-8-26-3;/h9,13,20H,4-8,10-11H2,1-3H3;1H. The lowest BCUT2D eigenvalue weighted by molar-refractivity contribution is 0.0763. The number of aromatic nitrogens is 2. The predicted molar refractivity (Wildman–Crippen MR) is 107 cm³/mol. The highest BCUT2D eigenvalue weighted by Gasteiger charge is 2.25. The topological polar surface area (TPSA) is 111 Å². The Labute approximate surface area is 175 Å². The molecule has 1 saturated heterocycles. The number of ether oxygens (including phenoxy) is 1. The highest BCUT2D eigenvalue weighted by atomic mass is 35.5. The number of carbonyl (C=O) groups is 1. The van der Waals surface area contributed by atoms with Crippen molar-refractivity contribution in [2.24, 2.45) is 0 Å². The lowest BCUT2D eigenvalue weighted by Crippen LogP contribution is -2.33. The Morgan fingerprint density at radius 3 is 2.90 bits per heavy atom. The number of aryl methyl sites for hydroxylation is 1. The molecule has 3 heterocycles. The number of halogens is 1. The first-order valence-electron chi connectivity index (χ1n) is 9.40. The molecule has 29 heavy (non-hydrogen) atoms. The maximum atomic E-state index is 12.8. The van der Waals surface area contributed by atoms with Crippen molar-refractivity contribution in [1.29, 1.82) is 0 Å². The third kappa shape index (κ3) is 5.65. The van der Waals surface area contributed by atoms with E-state index < -0.39 is 11.5 Å². The number of amides is 1. The van der Waals surface area contributed by atoms with Crippen molar-refractivity contribution in [3.63, 3.8) is 0 Å². The number of hydrogen-bond donors (Lipinski definition) is 1. The average molecular weight is 427 g/mol. The van der Waals surface area contributed by atoms with Gasteiger partial charge >= 0.3 is 5.63 Å². The van der Waals surface area contributed by atoms with E-state index in [1.165, 1.54) is 4.90 Å². The molecule has 160 valence electrons. The van der Waals surface area contributed by atoms with E-state index in [9.17, 15) is 9.59 Å². The van der Waals surface area contributed by atoms with E-state index in [4.69, 9.17) is 13.7 Å². The van der Waals surface area contributed by atoms with Gasteiger partial charge in [-0.2, -0.15) is 4.98 Å². The van der Waals surface area contributed by atoms with Gasteiger partial charge in [0.1, 0.15) is 11.3 Å². The van der Waals surface area contributed by atoms with Gasteiger partial charge in [0.2, 0.25) is 5.89 Å². The summed E-state index contributed by atoms with van der Waals surface area (Å²) in [5.41, 5.74) is 0.0397. The molecule has 0 saturated carbocycles. The Morgan fingerprint density at radius 2 is 2.24 bits per heavy atom. The molecule has 1 aliphatic heterocycles. The minimum atomic E-state index is -0.608. The number of rotatable bonds is 7. The van der Waals surface area contributed by atoms with Gasteiger partial charge in [-0.05, 0) is 37.9 Å². The number of piperidine rings is 1. The zero-order valence-corrected chi connectivity index (χ0v) is 17.7. The molecule has 2 aromatic rings. The van der Waals surface area contributed by atoms with Gasteiger partial charge in [-0.1, -0.05) is 5.16 Å². The molecule has 1 aliphatic rings. The van der Waals surface area contributed by atoms with Crippen LogP contribution in [-0.4, -0.2) is 54.8 Å². The van der Waals surface area contributed by atoms with Crippen LogP contribution in [0.4, 0.5) is 0 Å². The molecule has 0 aromatic carbocycles. The van der Waals surface area contributed by atoms with E-state index in [-0.39, 0.29) is 30.4 Å². The van der Waals surface area contributed by atoms with Crippen LogP contribution in [0.1, 0.15) is 52.2 Å². The lowest BCUT2D eigenvalue weighted by Gasteiger charge is -2.22. The van der Waals surface area contributed by atoms with E-state index in [0.717, 1.165) is 25.9 Å². The van der Waals surface area contributed by atoms with Crippen LogP contribution in [0.5, 0.6) is 0 Å². The first-order valence-corrected chi connectivity index (χ1v) is 9.40. The van der Waals surface area contributed by atoms with E-state index in [0.29, 0.717) is 36.1 Å². The van der Waals surface area contributed by atoms with E-state index in [2.05, 4.69) is 15.5 Å². The van der Waals surface area contributed by atoms with E-state index in [1.54, 1.807) is 27.1 Å². The average Bonchev–Trinajstić information content (AvgIpc) is 3.13. The van der Waals surface area contributed by atoms with Crippen LogP contribution >= 0.6 is 12.4 Å². The number of carbonyl (C=O) groups excluding carboxylic acids is 1. The van der Waals surface area contributed by atoms with Gasteiger partial charge in [-0.15, -0.1) is 12.4 Å². The summed E-state index contributed by atoms with van der Waals surface area (Å²) in [5.74, 6) is 1.17. The second-order valence-corrected chi connectivity index (χ2v) is 7.05. The Kier molecular flexibility index (Phi) is 8.36. The molecule has 0 bridgehead atoms. The first-order chi connectivity index (χ1) is 13.5. The number of nitrogens with one attached hydrogen (secondary N) is 1. The maximum absolute atomic E-state index is 12.8. The Bertz CT molecular complexity index is 876. The minimum Gasteiger partial charge on any atom is -0.427 e. The fraction of sp³-hybridized carbons (Fsp3) is 0.579. The summed E-state index contributed by atoms with van der Waals surface area (Å²) in [6.45, 7) is 4.10. The molecule has 2 aromatic heterocycles. The molecule has 3 rings (SSSR count). The number of nitrogens with zero attached hydrogens (tertiary/aromatic N) is 3. The summed E-state index contributed by atoms with van der Waals surface area (Å²) in [7, 11) is 3.18. The van der Waals surface area contributed by atoms with Crippen LogP contribution in [0.3, 0.4) is 0 Å². The summed E-state index contributed by atoms with van der Waals surface area (Å²) in [6.07, 6.45) is 2.52. The molecule has 1 N–H and O–H groups in total. The molecule has 0 spiro atoms. The smallest absolute Gasteiger partial charge is 0.349 e. The van der Waals surface area contributed by atoms with Crippen LogP contribution in [0, 0.1) is 6.92 Å². The summed E-state index contributed by atoms with van der Waals surface area (Å²) in [6, 6.07) is 1.80. The molecule has 0 radical (unpaired) electrons. The normalized spacial score (nSPS) is 16.3. The van der Waals surface area contributed by atoms with Crippen molar-refractivity contribution < 1.29 is 18.5 Å². The van der Waals surface area contributed by atoms with Crippen molar-refractivity contribution in [1.82, 2.24) is 20.4 Å². The van der Waals surface area contributed by atoms with Crippen molar-refractivity contribution in [3.8, 4) is 0 Å². The largest absolute Gasteiger partial charge is 0.427 e. The van der Waals surface area contributed by atoms with Crippen molar-refractivity contribution in [2.45, 2.75) is 38.6 Å². The molecule has 1 amide bonds. The molecule has 1 fully saturated rings. The summed E-state index contributed by atoms with van der Waals surface area (Å²) < 4.78 is 15.6. The van der Waals surface area contributed by atoms with Crippen LogP contribution in [0.15, 0.2) is 19.8 Å². The fourth-order valence-electron chi connectivity index (χ4n) is 3.30. The van der Waals surface area contributed by atoms with Crippen molar-refractivity contribution >= 4 is 18.3 Å². The highest BCUT2D eigenvalue weighted by Crippen LogP contribution is 2.24. The molecule has 0 aliphatic carbocycles. The zero-order valence-electron chi connectivity index (χ0n) is 16.9. The maximum Gasteiger partial charge on any atom is 0.349 e. The van der Waals surface area contributed by atoms with Gasteiger partial charge in [-0.3, -0.25) is 4.79 Å². The van der Waals surface area contributed by atoms with Crippen LogP contribution in [0.25, 0.3) is 0 Å². The molecular formula is C19H27ClN4O5. The highest BCUT2D eigenvalue weighted by molar-refractivity contribution is 5.94. The van der Waals surface area contributed by atoms with Crippen LogP contribution in [0.2, 0.25) is 0 Å². The van der Waals surface area contributed by atoms with Gasteiger partial charge in [0, 0.05) is 33.0 Å². The van der Waals surface area contributed by atoms with Gasteiger partial charge < -0.3 is 23.9 Å². The van der Waals surface area contributed by atoms with Crippen molar-refractivity contribution in [3.05, 3.63) is 45.1 Å². The van der Waals surface area contributed by atoms with Crippen molar-refractivity contribution in [2.75, 3.05) is 33.9 Å². The van der Waals surface area contributed by atoms with Crippen LogP contribution < -0.4 is 10.9 Å². The van der Waals surface area contributed by atoms with E-state index >= 15 is 0 Å². The third-order valence-corrected chi connectivity index (χ3v) is 4.84. The lowest BCUT2D eigenvalue weighted by atomic mass is 9.95. The monoisotopic (exact) mass is 426 g/mol. The Hall–Kier alpha value is -2.23. The summed E-state index contributed by atoms with van der Waals surface area (Å²) in [4.78, 5) is 30.9. The van der Waals surface area contributed by atoms with Gasteiger partial charge in [0.15, 0.2) is 5.82 Å². The molecule has 1 atom stereocenters. The third-order valence-electron chi connectivity index (χ3n) is 4.84. The molecule has 10 heteroatoms. The summed E-state index contributed by atoms with van der Waals surface area (Å²) in [5, 5.41) is 7.15. The molecule has 1 unspecified atom stereocenters. The number of methoxy groups -OCH3 is 1. The molecule has 9 nitrogen and oxygen atoms in total. The van der Waals surface area contributed by atoms with E-state index in [1.807, 2.05) is 0 Å². The first kappa shape index (κ1) is 23.1. The SMILES string of the molecule is COCCc1noc(CN(C)C(=O)c2c(C)cc(C3CCCNC3)oc2=O)n1.Cl. The fourth-order valence-corrected chi connectivity index (χ4v) is 3.30. The Balaban J connectivity index is 0.00000300.